The molecule has 0 saturated carbocycles. The minimum Gasteiger partial charge on any atom is -0.496 e. The monoisotopic (exact) mass is 366 g/mol. The van der Waals surface area contributed by atoms with Crippen molar-refractivity contribution in [3.63, 3.8) is 0 Å². The minimum atomic E-state index is -0.676. The molecule has 0 unspecified atom stereocenters. The largest absolute Gasteiger partial charge is 0.496 e. The molecule has 3 aromatic carbocycles. The van der Waals surface area contributed by atoms with Crippen LogP contribution in [0.4, 0.5) is 8.78 Å². The highest BCUT2D eigenvalue weighted by Crippen LogP contribution is 2.33. The van der Waals surface area contributed by atoms with E-state index in [1.165, 1.54) is 43.0 Å². The highest BCUT2D eigenvalue weighted by atomic mass is 19.1. The molecule has 3 rings (SSSR count). The average molecular weight is 366 g/mol. The molecule has 0 atom stereocenters. The van der Waals surface area contributed by atoms with Gasteiger partial charge in [-0.05, 0) is 52.9 Å². The number of ether oxygens (including phenoxy) is 1. The summed E-state index contributed by atoms with van der Waals surface area (Å²) in [6, 6.07) is 14.8. The van der Waals surface area contributed by atoms with E-state index in [1.54, 1.807) is 0 Å². The van der Waals surface area contributed by atoms with Crippen LogP contribution in [-0.4, -0.2) is 13.4 Å². The van der Waals surface area contributed by atoms with E-state index in [2.05, 4.69) is 6.92 Å². The summed E-state index contributed by atoms with van der Waals surface area (Å²) in [6.07, 6.45) is 2.62. The summed E-state index contributed by atoms with van der Waals surface area (Å²) in [5, 5.41) is 0. The minimum absolute atomic E-state index is 0.160. The summed E-state index contributed by atoms with van der Waals surface area (Å²) >= 11 is 0. The lowest BCUT2D eigenvalue weighted by Crippen LogP contribution is -1.95. The zero-order valence-electron chi connectivity index (χ0n) is 15.3. The van der Waals surface area contributed by atoms with Crippen molar-refractivity contribution in [3.8, 4) is 28.0 Å². The lowest BCUT2D eigenvalue weighted by molar-refractivity contribution is 0.112. The molecule has 0 N–H and O–H groups in total. The van der Waals surface area contributed by atoms with Crippen molar-refractivity contribution in [2.24, 2.45) is 0 Å². The van der Waals surface area contributed by atoms with Crippen molar-refractivity contribution in [1.29, 1.82) is 0 Å². The normalized spacial score (nSPS) is 10.7. The van der Waals surface area contributed by atoms with Gasteiger partial charge in [0.25, 0.3) is 0 Å². The molecular formula is C23H20F2O2. The summed E-state index contributed by atoms with van der Waals surface area (Å²) in [5.74, 6) is -0.993. The average Bonchev–Trinajstić information content (AvgIpc) is 2.68. The van der Waals surface area contributed by atoms with Crippen LogP contribution < -0.4 is 4.74 Å². The third-order valence-electron chi connectivity index (χ3n) is 4.51. The molecule has 0 saturated heterocycles. The number of methoxy groups -OCH3 is 1. The summed E-state index contributed by atoms with van der Waals surface area (Å²) in [7, 11) is 1.43. The third kappa shape index (κ3) is 3.90. The molecule has 0 aliphatic rings. The molecule has 0 aromatic heterocycles. The molecule has 0 fully saturated rings. The van der Waals surface area contributed by atoms with Gasteiger partial charge in [0.15, 0.2) is 6.29 Å². The van der Waals surface area contributed by atoms with Crippen molar-refractivity contribution < 1.29 is 18.3 Å². The molecule has 0 spiro atoms. The van der Waals surface area contributed by atoms with Crippen LogP contribution in [0.3, 0.4) is 0 Å². The summed E-state index contributed by atoms with van der Waals surface area (Å²) in [6.45, 7) is 2.10. The fourth-order valence-corrected chi connectivity index (χ4v) is 3.15. The van der Waals surface area contributed by atoms with Crippen molar-refractivity contribution in [2.75, 3.05) is 7.11 Å². The first-order valence-electron chi connectivity index (χ1n) is 8.79. The maximum atomic E-state index is 14.7. The Morgan fingerprint density at radius 2 is 1.52 bits per heavy atom. The second-order valence-corrected chi connectivity index (χ2v) is 6.34. The first-order valence-corrected chi connectivity index (χ1v) is 8.79. The lowest BCUT2D eigenvalue weighted by atomic mass is 9.97. The van der Waals surface area contributed by atoms with Gasteiger partial charge in [0, 0.05) is 0 Å². The van der Waals surface area contributed by atoms with Crippen LogP contribution in [-0.2, 0) is 6.42 Å². The van der Waals surface area contributed by atoms with Crippen molar-refractivity contribution in [1.82, 2.24) is 0 Å². The summed E-state index contributed by atoms with van der Waals surface area (Å²) < 4.78 is 34.6. The van der Waals surface area contributed by atoms with Crippen molar-refractivity contribution in [3.05, 3.63) is 77.4 Å². The van der Waals surface area contributed by atoms with E-state index < -0.39 is 11.6 Å². The highest BCUT2D eigenvalue weighted by Gasteiger charge is 2.16. The Labute approximate surface area is 157 Å². The molecule has 3 aromatic rings. The van der Waals surface area contributed by atoms with E-state index in [0.29, 0.717) is 17.6 Å². The molecule has 138 valence electrons. The lowest BCUT2D eigenvalue weighted by Gasteiger charge is -2.11. The fourth-order valence-electron chi connectivity index (χ4n) is 3.15. The zero-order valence-corrected chi connectivity index (χ0v) is 15.3. The summed E-state index contributed by atoms with van der Waals surface area (Å²) in [5.41, 5.74) is 2.79. The fraction of sp³-hybridized carbons (Fsp3) is 0.174. The van der Waals surface area contributed by atoms with E-state index >= 15 is 0 Å². The Balaban J connectivity index is 2.01. The number of halogens is 2. The molecule has 2 nitrogen and oxygen atoms in total. The number of hydrogen-bond acceptors (Lipinski definition) is 2. The Morgan fingerprint density at radius 1 is 0.889 bits per heavy atom. The van der Waals surface area contributed by atoms with Gasteiger partial charge in [-0.2, -0.15) is 0 Å². The number of aryl methyl sites for hydroxylation is 1. The van der Waals surface area contributed by atoms with Crippen LogP contribution in [0, 0.1) is 11.6 Å². The van der Waals surface area contributed by atoms with Crippen LogP contribution >= 0.6 is 0 Å². The predicted molar refractivity (Wildman–Crippen MR) is 103 cm³/mol. The van der Waals surface area contributed by atoms with Gasteiger partial charge in [0.05, 0.1) is 18.2 Å². The van der Waals surface area contributed by atoms with Gasteiger partial charge < -0.3 is 4.74 Å². The van der Waals surface area contributed by atoms with Gasteiger partial charge in [-0.25, -0.2) is 8.78 Å². The zero-order chi connectivity index (χ0) is 19.4. The second-order valence-electron chi connectivity index (χ2n) is 6.34. The van der Waals surface area contributed by atoms with Crippen LogP contribution in [0.1, 0.15) is 29.3 Å². The molecule has 0 amide bonds. The van der Waals surface area contributed by atoms with Gasteiger partial charge >= 0.3 is 0 Å². The van der Waals surface area contributed by atoms with Crippen molar-refractivity contribution in [2.45, 2.75) is 19.8 Å². The molecular weight excluding hydrogens is 346 g/mol. The van der Waals surface area contributed by atoms with Crippen LogP contribution in [0.15, 0.2) is 54.6 Å². The Hall–Kier alpha value is -3.01. The molecule has 0 aliphatic heterocycles. The Kier molecular flexibility index (Phi) is 5.65. The van der Waals surface area contributed by atoms with Gasteiger partial charge in [-0.1, -0.05) is 43.7 Å². The summed E-state index contributed by atoms with van der Waals surface area (Å²) in [4.78, 5) is 11.2. The molecule has 4 heteroatoms. The molecule has 0 heterocycles. The van der Waals surface area contributed by atoms with Crippen LogP contribution in [0.5, 0.6) is 5.75 Å². The predicted octanol–water partition coefficient (Wildman–Crippen LogP) is 6.07. The van der Waals surface area contributed by atoms with Gasteiger partial charge in [0.1, 0.15) is 17.4 Å². The number of aldehydes is 1. The Morgan fingerprint density at radius 3 is 2.07 bits per heavy atom. The highest BCUT2D eigenvalue weighted by molar-refractivity contribution is 5.83. The number of hydrogen-bond donors (Lipinski definition) is 0. The number of carbonyl (C=O) groups is 1. The quantitative estimate of drug-likeness (QED) is 0.495. The topological polar surface area (TPSA) is 26.3 Å². The smallest absolute Gasteiger partial charge is 0.153 e. The second kappa shape index (κ2) is 8.12. The van der Waals surface area contributed by atoms with Crippen LogP contribution in [0.25, 0.3) is 22.3 Å². The van der Waals surface area contributed by atoms with Gasteiger partial charge in [0.2, 0.25) is 0 Å². The van der Waals surface area contributed by atoms with Crippen LogP contribution in [0.2, 0.25) is 0 Å². The molecule has 0 radical (unpaired) electrons. The molecule has 0 bridgehead atoms. The molecule has 27 heavy (non-hydrogen) atoms. The number of carbonyl (C=O) groups excluding carboxylic acids is 1. The van der Waals surface area contributed by atoms with Crippen molar-refractivity contribution >= 4 is 6.29 Å². The Bertz CT molecular complexity index is 940. The van der Waals surface area contributed by atoms with Gasteiger partial charge in [-0.3, -0.25) is 4.79 Å². The first kappa shape index (κ1) is 18.8. The van der Waals surface area contributed by atoms with E-state index in [0.717, 1.165) is 18.4 Å². The standard InChI is InChI=1S/C23H20F2O2/c1-3-4-15-5-7-16(8-6-15)18-12-20(24)23(21(25)13-18)17-9-10-22(27-2)19(11-17)14-26/h5-14H,3-4H2,1-2H3. The van der Waals surface area contributed by atoms with E-state index in [9.17, 15) is 13.6 Å². The maximum Gasteiger partial charge on any atom is 0.153 e. The molecule has 0 aliphatic carbocycles. The third-order valence-corrected chi connectivity index (χ3v) is 4.51. The number of benzene rings is 3. The first-order chi connectivity index (χ1) is 13.1. The van der Waals surface area contributed by atoms with E-state index in [4.69, 9.17) is 4.74 Å². The van der Waals surface area contributed by atoms with E-state index in [-0.39, 0.29) is 16.7 Å². The van der Waals surface area contributed by atoms with Gasteiger partial charge in [-0.15, -0.1) is 0 Å². The maximum absolute atomic E-state index is 14.7. The van der Waals surface area contributed by atoms with E-state index in [1.807, 2.05) is 24.3 Å². The number of rotatable bonds is 6. The SMILES string of the molecule is CCCc1ccc(-c2cc(F)c(-c3ccc(OC)c(C=O)c3)c(F)c2)cc1.